The van der Waals surface area contributed by atoms with E-state index < -0.39 is 15.4 Å². The van der Waals surface area contributed by atoms with Crippen LogP contribution in [0.5, 0.6) is 0 Å². The zero-order chi connectivity index (χ0) is 15.8. The molecule has 0 aliphatic carbocycles. The first-order valence-corrected chi connectivity index (χ1v) is 9.18. The molecule has 22 heavy (non-hydrogen) atoms. The second kappa shape index (κ2) is 5.64. The van der Waals surface area contributed by atoms with Crippen LogP contribution in [0, 0.1) is 11.3 Å². The van der Waals surface area contributed by atoms with E-state index in [2.05, 4.69) is 20.6 Å². The Labute approximate surface area is 129 Å². The Morgan fingerprint density at radius 2 is 2.41 bits per heavy atom. The molecule has 1 aromatic rings. The van der Waals surface area contributed by atoms with E-state index >= 15 is 0 Å². The number of aromatic nitrogens is 2. The number of aromatic amines is 1. The molecule has 3 N–H and O–H groups in total. The minimum absolute atomic E-state index is 0.0365. The Bertz CT molecular complexity index is 645. The summed E-state index contributed by atoms with van der Waals surface area (Å²) in [6.45, 7) is 2.40. The van der Waals surface area contributed by atoms with E-state index in [0.29, 0.717) is 32.6 Å². The lowest BCUT2D eigenvalue weighted by atomic mass is 9.80. The molecule has 1 aromatic heterocycles. The van der Waals surface area contributed by atoms with Gasteiger partial charge in [0.2, 0.25) is 15.9 Å². The molecule has 122 valence electrons. The van der Waals surface area contributed by atoms with Crippen LogP contribution in [-0.4, -0.2) is 67.6 Å². The number of amides is 1. The summed E-state index contributed by atoms with van der Waals surface area (Å²) in [5.41, 5.74) is 0.319. The van der Waals surface area contributed by atoms with E-state index in [-0.39, 0.29) is 18.4 Å². The highest BCUT2D eigenvalue weighted by molar-refractivity contribution is 7.88. The largest absolute Gasteiger partial charge is 0.355 e. The Hall–Kier alpha value is -1.45. The Morgan fingerprint density at radius 3 is 3.09 bits per heavy atom. The topological polar surface area (TPSA) is 107 Å². The molecule has 1 amide bonds. The van der Waals surface area contributed by atoms with Gasteiger partial charge in [-0.05, 0) is 0 Å². The normalized spacial score (nSPS) is 28.7. The molecule has 0 saturated carbocycles. The third-order valence-electron chi connectivity index (χ3n) is 4.65. The summed E-state index contributed by atoms with van der Waals surface area (Å²) in [4.78, 5) is 19.6. The molecule has 8 nitrogen and oxygen atoms in total. The maximum atomic E-state index is 12.7. The molecular weight excluding hydrogens is 306 g/mol. The maximum absolute atomic E-state index is 12.7. The van der Waals surface area contributed by atoms with Gasteiger partial charge in [-0.15, -0.1) is 0 Å². The second-order valence-electron chi connectivity index (χ2n) is 6.12. The third kappa shape index (κ3) is 2.75. The van der Waals surface area contributed by atoms with Gasteiger partial charge in [-0.3, -0.25) is 4.79 Å². The molecule has 9 heteroatoms. The highest BCUT2D eigenvalue weighted by Gasteiger charge is 2.56. The Morgan fingerprint density at radius 1 is 1.59 bits per heavy atom. The number of sulfonamides is 1. The smallest absolute Gasteiger partial charge is 0.229 e. The van der Waals surface area contributed by atoms with Crippen LogP contribution in [-0.2, 0) is 21.2 Å². The van der Waals surface area contributed by atoms with Crippen molar-refractivity contribution in [3.63, 3.8) is 0 Å². The molecule has 2 atom stereocenters. The lowest BCUT2D eigenvalue weighted by Gasteiger charge is -2.26. The van der Waals surface area contributed by atoms with Crippen molar-refractivity contribution in [3.05, 3.63) is 18.2 Å². The standard InChI is InChI=1S/C13H21N5O3S/c1-22(20,21)18-6-10-4-14-7-13(10,8-18)12(19)16-3-2-11-5-15-9-17-11/h5,9-10,14H,2-4,6-8H2,1H3,(H,15,17)(H,16,19)/t10-,13-/m0/s1. The van der Waals surface area contributed by atoms with Crippen LogP contribution in [0.1, 0.15) is 5.69 Å². The fourth-order valence-electron chi connectivity index (χ4n) is 3.36. The predicted octanol–water partition coefficient (Wildman–Crippen LogP) is -1.45. The van der Waals surface area contributed by atoms with Crippen molar-refractivity contribution < 1.29 is 13.2 Å². The Kier molecular flexibility index (Phi) is 3.96. The monoisotopic (exact) mass is 327 g/mol. The van der Waals surface area contributed by atoms with Crippen LogP contribution in [0.25, 0.3) is 0 Å². The predicted molar refractivity (Wildman–Crippen MR) is 80.5 cm³/mol. The number of hydrogen-bond acceptors (Lipinski definition) is 5. The summed E-state index contributed by atoms with van der Waals surface area (Å²) in [5, 5.41) is 6.17. The molecule has 3 heterocycles. The number of hydrogen-bond donors (Lipinski definition) is 3. The molecule has 0 spiro atoms. The average molecular weight is 327 g/mol. The van der Waals surface area contributed by atoms with Crippen molar-refractivity contribution in [1.82, 2.24) is 24.9 Å². The van der Waals surface area contributed by atoms with Crippen LogP contribution >= 0.6 is 0 Å². The molecule has 2 aliphatic rings. The van der Waals surface area contributed by atoms with E-state index in [4.69, 9.17) is 0 Å². The summed E-state index contributed by atoms with van der Waals surface area (Å²) in [7, 11) is -3.26. The first-order chi connectivity index (χ1) is 10.4. The number of fused-ring (bicyclic) bond motifs is 1. The molecule has 0 bridgehead atoms. The number of H-pyrrole nitrogens is 1. The molecule has 3 rings (SSSR count). The minimum atomic E-state index is -3.26. The molecule has 2 aliphatic heterocycles. The van der Waals surface area contributed by atoms with E-state index in [1.54, 1.807) is 12.5 Å². The van der Waals surface area contributed by atoms with Gasteiger partial charge in [0, 0.05) is 57.0 Å². The number of imidazole rings is 1. The van der Waals surface area contributed by atoms with Gasteiger partial charge in [-0.1, -0.05) is 0 Å². The van der Waals surface area contributed by atoms with Gasteiger partial charge >= 0.3 is 0 Å². The van der Waals surface area contributed by atoms with Gasteiger partial charge in [-0.2, -0.15) is 0 Å². The number of rotatable bonds is 5. The van der Waals surface area contributed by atoms with Gasteiger partial charge < -0.3 is 15.6 Å². The lowest BCUT2D eigenvalue weighted by molar-refractivity contribution is -0.130. The zero-order valence-electron chi connectivity index (χ0n) is 12.5. The molecule has 0 aromatic carbocycles. The second-order valence-corrected chi connectivity index (χ2v) is 8.10. The van der Waals surface area contributed by atoms with Gasteiger partial charge in [0.15, 0.2) is 0 Å². The SMILES string of the molecule is CS(=O)(=O)N1C[C@@H]2CNC[C@]2(C(=O)NCCc2cnc[nH]2)C1. The van der Waals surface area contributed by atoms with E-state index in [1.165, 1.54) is 10.6 Å². The summed E-state index contributed by atoms with van der Waals surface area (Å²) in [6, 6.07) is 0. The van der Waals surface area contributed by atoms with Gasteiger partial charge in [-0.25, -0.2) is 17.7 Å². The Balaban J connectivity index is 1.64. The van der Waals surface area contributed by atoms with Crippen LogP contribution in [0.4, 0.5) is 0 Å². The summed E-state index contributed by atoms with van der Waals surface area (Å²) in [6.07, 6.45) is 5.21. The lowest BCUT2D eigenvalue weighted by Crippen LogP contribution is -2.48. The van der Waals surface area contributed by atoms with Crippen molar-refractivity contribution in [2.75, 3.05) is 39.0 Å². The number of nitrogens with zero attached hydrogens (tertiary/aromatic N) is 2. The van der Waals surface area contributed by atoms with Crippen LogP contribution in [0.3, 0.4) is 0 Å². The van der Waals surface area contributed by atoms with Gasteiger partial charge in [0.1, 0.15) is 0 Å². The average Bonchev–Trinajstić information content (AvgIpc) is 3.12. The number of nitrogens with one attached hydrogen (secondary N) is 3. The van der Waals surface area contributed by atoms with E-state index in [0.717, 1.165) is 5.69 Å². The number of carbonyl (C=O) groups is 1. The third-order valence-corrected chi connectivity index (χ3v) is 5.87. The first-order valence-electron chi connectivity index (χ1n) is 7.33. The highest BCUT2D eigenvalue weighted by atomic mass is 32.2. The van der Waals surface area contributed by atoms with Crippen molar-refractivity contribution >= 4 is 15.9 Å². The van der Waals surface area contributed by atoms with Gasteiger partial charge in [0.25, 0.3) is 0 Å². The van der Waals surface area contributed by atoms with Crippen molar-refractivity contribution in [2.24, 2.45) is 11.3 Å². The molecular formula is C13H21N5O3S. The zero-order valence-corrected chi connectivity index (χ0v) is 13.3. The van der Waals surface area contributed by atoms with Gasteiger partial charge in [0.05, 0.1) is 18.0 Å². The van der Waals surface area contributed by atoms with Crippen molar-refractivity contribution in [2.45, 2.75) is 6.42 Å². The summed E-state index contributed by atoms with van der Waals surface area (Å²) < 4.78 is 24.9. The molecule has 0 radical (unpaired) electrons. The van der Waals surface area contributed by atoms with E-state index in [9.17, 15) is 13.2 Å². The first kappa shape index (κ1) is 15.4. The van der Waals surface area contributed by atoms with Crippen molar-refractivity contribution in [1.29, 1.82) is 0 Å². The molecule has 2 fully saturated rings. The molecule has 2 saturated heterocycles. The summed E-state index contributed by atoms with van der Waals surface area (Å²) in [5.74, 6) is -0.0254. The van der Waals surface area contributed by atoms with Crippen LogP contribution in [0.2, 0.25) is 0 Å². The van der Waals surface area contributed by atoms with Crippen LogP contribution < -0.4 is 10.6 Å². The number of carbonyl (C=O) groups excluding carboxylic acids is 1. The summed E-state index contributed by atoms with van der Waals surface area (Å²) >= 11 is 0. The fraction of sp³-hybridized carbons (Fsp3) is 0.692. The fourth-order valence-corrected chi connectivity index (χ4v) is 4.27. The van der Waals surface area contributed by atoms with Crippen LogP contribution in [0.15, 0.2) is 12.5 Å². The minimum Gasteiger partial charge on any atom is -0.355 e. The quantitative estimate of drug-likeness (QED) is 0.613. The molecule has 0 unspecified atom stereocenters. The highest BCUT2D eigenvalue weighted by Crippen LogP contribution is 2.40. The van der Waals surface area contributed by atoms with E-state index in [1.807, 2.05) is 0 Å². The van der Waals surface area contributed by atoms with Crippen molar-refractivity contribution in [3.8, 4) is 0 Å². The maximum Gasteiger partial charge on any atom is 0.229 e.